The molecule has 0 unspecified atom stereocenters. The van der Waals surface area contributed by atoms with Gasteiger partial charge in [0.25, 0.3) is 0 Å². The molecule has 1 fully saturated rings. The van der Waals surface area contributed by atoms with E-state index in [1.165, 1.54) is 27.4 Å². The predicted molar refractivity (Wildman–Crippen MR) is 135 cm³/mol. The normalized spacial score (nSPS) is 16.1. The summed E-state index contributed by atoms with van der Waals surface area (Å²) in [5, 5.41) is 2.85. The smallest absolute Gasteiger partial charge is 0.244 e. The Hall–Kier alpha value is -2.38. The van der Waals surface area contributed by atoms with Gasteiger partial charge in [-0.3, -0.25) is 4.90 Å². The van der Waals surface area contributed by atoms with Gasteiger partial charge in [-0.2, -0.15) is 4.31 Å². The highest BCUT2D eigenvalue weighted by molar-refractivity contribution is 7.89. The fourth-order valence-electron chi connectivity index (χ4n) is 5.00. The van der Waals surface area contributed by atoms with Gasteiger partial charge >= 0.3 is 0 Å². The summed E-state index contributed by atoms with van der Waals surface area (Å²) in [4.78, 5) is 2.56. The van der Waals surface area contributed by atoms with Crippen molar-refractivity contribution < 1.29 is 8.42 Å². The van der Waals surface area contributed by atoms with Crippen LogP contribution in [0.2, 0.25) is 5.02 Å². The fraction of sp³-hybridized carbons (Fsp3) is 0.308. The van der Waals surface area contributed by atoms with Gasteiger partial charge in [-0.15, -0.1) is 0 Å². The number of nitrogens with zero attached hydrogens (tertiary/aromatic N) is 3. The summed E-state index contributed by atoms with van der Waals surface area (Å²) in [7, 11) is -3.60. The average molecular weight is 482 g/mol. The zero-order chi connectivity index (χ0) is 23.2. The van der Waals surface area contributed by atoms with Crippen LogP contribution in [-0.4, -0.2) is 48.4 Å². The van der Waals surface area contributed by atoms with Crippen molar-refractivity contribution in [2.24, 2.45) is 0 Å². The summed E-state index contributed by atoms with van der Waals surface area (Å²) >= 11 is 6.25. The van der Waals surface area contributed by atoms with E-state index in [0.717, 1.165) is 13.1 Å². The number of aryl methyl sites for hydroxylation is 2. The highest BCUT2D eigenvalue weighted by atomic mass is 35.5. The van der Waals surface area contributed by atoms with Crippen LogP contribution < -0.4 is 0 Å². The second-order valence-corrected chi connectivity index (χ2v) is 11.0. The molecule has 0 saturated carbocycles. The average Bonchev–Trinajstić information content (AvgIpc) is 3.12. The third-order valence-electron chi connectivity index (χ3n) is 6.65. The fourth-order valence-corrected chi connectivity index (χ4v) is 7.20. The van der Waals surface area contributed by atoms with Crippen LogP contribution in [0.3, 0.4) is 0 Å². The zero-order valence-corrected chi connectivity index (χ0v) is 20.5. The Balaban J connectivity index is 1.34. The summed E-state index contributed by atoms with van der Waals surface area (Å²) in [5.74, 6) is 0. The first-order chi connectivity index (χ1) is 15.9. The molecule has 0 radical (unpaired) electrons. The molecule has 1 aliphatic heterocycles. The highest BCUT2D eigenvalue weighted by Gasteiger charge is 2.31. The Morgan fingerprint density at radius 2 is 1.61 bits per heavy atom. The second kappa shape index (κ2) is 8.76. The van der Waals surface area contributed by atoms with Crippen LogP contribution in [0.4, 0.5) is 0 Å². The lowest BCUT2D eigenvalue weighted by Gasteiger charge is -2.34. The summed E-state index contributed by atoms with van der Waals surface area (Å²) in [6.45, 7) is 8.02. The number of halogens is 1. The van der Waals surface area contributed by atoms with Gasteiger partial charge in [-0.1, -0.05) is 48.0 Å². The number of fused-ring (bicyclic) bond motifs is 3. The second-order valence-electron chi connectivity index (χ2n) is 8.68. The lowest BCUT2D eigenvalue weighted by Crippen LogP contribution is -2.48. The van der Waals surface area contributed by atoms with Gasteiger partial charge in [0, 0.05) is 61.1 Å². The quantitative estimate of drug-likeness (QED) is 0.389. The molecule has 0 aliphatic carbocycles. The number of hydrogen-bond donors (Lipinski definition) is 0. The molecule has 7 heteroatoms. The van der Waals surface area contributed by atoms with E-state index in [1.807, 2.05) is 0 Å². The van der Waals surface area contributed by atoms with Crippen molar-refractivity contribution >= 4 is 43.4 Å². The summed E-state index contributed by atoms with van der Waals surface area (Å²) in [6.07, 6.45) is 0. The third kappa shape index (κ3) is 3.95. The summed E-state index contributed by atoms with van der Waals surface area (Å²) in [6, 6.07) is 20.5. The maximum atomic E-state index is 13.2. The van der Waals surface area contributed by atoms with Crippen molar-refractivity contribution in [3.63, 3.8) is 0 Å². The molecular weight excluding hydrogens is 454 g/mol. The van der Waals surface area contributed by atoms with E-state index < -0.39 is 10.0 Å². The molecule has 0 atom stereocenters. The van der Waals surface area contributed by atoms with Crippen molar-refractivity contribution in [3.05, 3.63) is 76.8 Å². The topological polar surface area (TPSA) is 45.5 Å². The van der Waals surface area contributed by atoms with E-state index >= 15 is 0 Å². The molecule has 1 saturated heterocycles. The van der Waals surface area contributed by atoms with Gasteiger partial charge in [0.1, 0.15) is 4.90 Å². The molecular formula is C26H28ClN3O2S. The van der Waals surface area contributed by atoms with Crippen molar-refractivity contribution in [2.75, 3.05) is 26.2 Å². The van der Waals surface area contributed by atoms with Crippen molar-refractivity contribution in [2.45, 2.75) is 31.8 Å². The van der Waals surface area contributed by atoms with E-state index in [9.17, 15) is 8.42 Å². The van der Waals surface area contributed by atoms with Gasteiger partial charge in [0.2, 0.25) is 10.0 Å². The number of para-hydroxylation sites is 1. The Morgan fingerprint density at radius 1 is 0.879 bits per heavy atom. The van der Waals surface area contributed by atoms with Crippen molar-refractivity contribution in [1.29, 1.82) is 0 Å². The van der Waals surface area contributed by atoms with Gasteiger partial charge < -0.3 is 4.57 Å². The minimum absolute atomic E-state index is 0.234. The van der Waals surface area contributed by atoms with Crippen LogP contribution in [-0.2, 0) is 23.1 Å². The molecule has 0 bridgehead atoms. The lowest BCUT2D eigenvalue weighted by molar-refractivity contribution is 0.181. The minimum Gasteiger partial charge on any atom is -0.341 e. The minimum atomic E-state index is -3.60. The Bertz CT molecular complexity index is 1420. The van der Waals surface area contributed by atoms with Gasteiger partial charge in [-0.05, 0) is 49.2 Å². The van der Waals surface area contributed by atoms with Crippen LogP contribution in [0.1, 0.15) is 18.1 Å². The largest absolute Gasteiger partial charge is 0.341 e. The first kappa shape index (κ1) is 22.4. The molecule has 5 rings (SSSR count). The number of rotatable bonds is 5. The van der Waals surface area contributed by atoms with Crippen LogP contribution in [0.15, 0.2) is 65.6 Å². The van der Waals surface area contributed by atoms with Crippen LogP contribution in [0, 0.1) is 6.92 Å². The lowest BCUT2D eigenvalue weighted by atomic mass is 10.1. The third-order valence-corrected chi connectivity index (χ3v) is 9.18. The first-order valence-corrected chi connectivity index (χ1v) is 13.2. The molecule has 172 valence electrons. The molecule has 0 N–H and O–H groups in total. The molecule has 0 spiro atoms. The van der Waals surface area contributed by atoms with Gasteiger partial charge in [0.15, 0.2) is 0 Å². The van der Waals surface area contributed by atoms with E-state index in [0.29, 0.717) is 31.7 Å². The van der Waals surface area contributed by atoms with Crippen LogP contribution >= 0.6 is 11.6 Å². The standard InChI is InChI=1S/C26H28ClN3O2S/c1-3-30-24-10-5-4-8-21(24)22-17-20(11-12-25(22)30)18-28-13-15-29(16-14-28)33(31,32)26-19(2)7-6-9-23(26)27/h4-12,17H,3,13-16,18H2,1-2H3. The van der Waals surface area contributed by atoms with E-state index in [1.54, 1.807) is 29.4 Å². The first-order valence-electron chi connectivity index (χ1n) is 11.4. The Kier molecular flexibility index (Phi) is 5.95. The monoisotopic (exact) mass is 481 g/mol. The molecule has 33 heavy (non-hydrogen) atoms. The maximum Gasteiger partial charge on any atom is 0.244 e. The van der Waals surface area contributed by atoms with E-state index in [2.05, 4.69) is 58.9 Å². The van der Waals surface area contributed by atoms with Gasteiger partial charge in [0.05, 0.1) is 5.02 Å². The predicted octanol–water partition coefficient (Wildman–Crippen LogP) is 5.28. The molecule has 1 aliphatic rings. The zero-order valence-electron chi connectivity index (χ0n) is 19.0. The number of benzene rings is 3. The maximum absolute atomic E-state index is 13.2. The van der Waals surface area contributed by atoms with Crippen LogP contribution in [0.25, 0.3) is 21.8 Å². The Labute approximate surface area is 200 Å². The highest BCUT2D eigenvalue weighted by Crippen LogP contribution is 2.31. The number of piperazine rings is 1. The SMILES string of the molecule is CCn1c2ccccc2c2cc(CN3CCN(S(=O)(=O)c4c(C)cccc4Cl)CC3)ccc21. The molecule has 2 heterocycles. The van der Waals surface area contributed by atoms with Crippen molar-refractivity contribution in [1.82, 2.24) is 13.8 Å². The number of sulfonamides is 1. The summed E-state index contributed by atoms with van der Waals surface area (Å²) in [5.41, 5.74) is 4.46. The molecule has 0 amide bonds. The molecule has 3 aromatic carbocycles. The molecule has 1 aromatic heterocycles. The van der Waals surface area contributed by atoms with E-state index in [-0.39, 0.29) is 9.92 Å². The number of aromatic nitrogens is 1. The number of hydrogen-bond acceptors (Lipinski definition) is 3. The molecule has 4 aromatic rings. The van der Waals surface area contributed by atoms with Crippen molar-refractivity contribution in [3.8, 4) is 0 Å². The molecule has 5 nitrogen and oxygen atoms in total. The van der Waals surface area contributed by atoms with E-state index in [4.69, 9.17) is 11.6 Å². The summed E-state index contributed by atoms with van der Waals surface area (Å²) < 4.78 is 30.4. The Morgan fingerprint density at radius 3 is 2.33 bits per heavy atom. The van der Waals surface area contributed by atoms with Gasteiger partial charge in [-0.25, -0.2) is 8.42 Å². The van der Waals surface area contributed by atoms with Crippen LogP contribution in [0.5, 0.6) is 0 Å².